The van der Waals surface area contributed by atoms with Crippen LogP contribution in [0.5, 0.6) is 0 Å². The van der Waals surface area contributed by atoms with Gasteiger partial charge in [0.25, 0.3) is 0 Å². The van der Waals surface area contributed by atoms with Crippen LogP contribution in [-0.4, -0.2) is 10.8 Å². The van der Waals surface area contributed by atoms with Gasteiger partial charge in [-0.25, -0.2) is 0 Å². The molecule has 0 heterocycles. The summed E-state index contributed by atoms with van der Waals surface area (Å²) >= 11 is 3.64. The monoisotopic (exact) mass is 271 g/mol. The summed E-state index contributed by atoms with van der Waals surface area (Å²) in [7, 11) is 0. The minimum absolute atomic E-state index is 0.0469. The molecule has 0 aliphatic carbocycles. The van der Waals surface area contributed by atoms with Crippen LogP contribution in [-0.2, 0) is 0 Å². The molecule has 0 saturated carbocycles. The van der Waals surface area contributed by atoms with Gasteiger partial charge in [0.15, 0.2) is 0 Å². The van der Waals surface area contributed by atoms with Crippen molar-refractivity contribution in [2.45, 2.75) is 10.8 Å². The van der Waals surface area contributed by atoms with Crippen LogP contribution in [0.3, 0.4) is 0 Å². The highest BCUT2D eigenvalue weighted by Crippen LogP contribution is 2.42. The first-order valence-electron chi connectivity index (χ1n) is 1.70. The SMILES string of the molecule is FC(F)(Br)C(F)(F)[CH]Br. The molecule has 0 N–H and O–H groups in total. The third-order valence-corrected chi connectivity index (χ3v) is 1.62. The Balaban J connectivity index is 4.14. The summed E-state index contributed by atoms with van der Waals surface area (Å²) < 4.78 is 46.7. The molecule has 0 unspecified atom stereocenters. The van der Waals surface area contributed by atoms with Gasteiger partial charge in [-0.05, 0) is 15.9 Å². The zero-order valence-electron chi connectivity index (χ0n) is 3.85. The van der Waals surface area contributed by atoms with Crippen LogP contribution >= 0.6 is 31.9 Å². The maximum absolute atomic E-state index is 11.8. The molecule has 0 aromatic rings. The summed E-state index contributed by atoms with van der Waals surface area (Å²) in [6.07, 6.45) is 0. The Morgan fingerprint density at radius 1 is 1.11 bits per heavy atom. The fourth-order valence-corrected chi connectivity index (χ4v) is 0.771. The Morgan fingerprint density at radius 3 is 1.44 bits per heavy atom. The Labute approximate surface area is 65.9 Å². The lowest BCUT2D eigenvalue weighted by molar-refractivity contribution is -0.115. The molecule has 0 aliphatic heterocycles. The van der Waals surface area contributed by atoms with Crippen LogP contribution in [0.4, 0.5) is 17.6 Å². The molecular weight excluding hydrogens is 272 g/mol. The van der Waals surface area contributed by atoms with Crippen LogP contribution in [0.15, 0.2) is 0 Å². The molecule has 0 saturated heterocycles. The average molecular weight is 273 g/mol. The van der Waals surface area contributed by atoms with Crippen molar-refractivity contribution in [3.05, 3.63) is 5.33 Å². The van der Waals surface area contributed by atoms with Gasteiger partial charge in [0, 0.05) is 0 Å². The molecule has 0 bridgehead atoms. The maximum atomic E-state index is 11.8. The second kappa shape index (κ2) is 2.74. The van der Waals surface area contributed by atoms with E-state index >= 15 is 0 Å². The highest BCUT2D eigenvalue weighted by atomic mass is 79.9. The van der Waals surface area contributed by atoms with Crippen molar-refractivity contribution in [1.29, 1.82) is 0 Å². The highest BCUT2D eigenvalue weighted by Gasteiger charge is 2.53. The molecule has 0 rings (SSSR count). The number of hydrogen-bond acceptors (Lipinski definition) is 0. The predicted molar refractivity (Wildman–Crippen MR) is 32.0 cm³/mol. The van der Waals surface area contributed by atoms with Crippen molar-refractivity contribution in [2.24, 2.45) is 0 Å². The second-order valence-corrected chi connectivity index (χ2v) is 2.68. The lowest BCUT2D eigenvalue weighted by atomic mass is 10.4. The average Bonchev–Trinajstić information content (AvgIpc) is 1.64. The number of rotatable bonds is 2. The fourth-order valence-electron chi connectivity index (χ4n) is 0.0619. The Kier molecular flexibility index (Phi) is 2.94. The van der Waals surface area contributed by atoms with Crippen molar-refractivity contribution >= 4 is 31.9 Å². The topological polar surface area (TPSA) is 0 Å². The van der Waals surface area contributed by atoms with Crippen LogP contribution < -0.4 is 0 Å². The lowest BCUT2D eigenvalue weighted by Gasteiger charge is -2.17. The van der Waals surface area contributed by atoms with Crippen molar-refractivity contribution in [2.75, 3.05) is 0 Å². The number of alkyl halides is 5. The molecule has 0 amide bonds. The molecule has 0 atom stereocenters. The van der Waals surface area contributed by atoms with E-state index in [9.17, 15) is 17.6 Å². The molecular formula is C3HBr2F4. The molecule has 0 aromatic carbocycles. The molecule has 0 nitrogen and oxygen atoms in total. The van der Waals surface area contributed by atoms with E-state index in [-0.39, 0.29) is 5.33 Å². The van der Waals surface area contributed by atoms with Gasteiger partial charge in [0.2, 0.25) is 0 Å². The summed E-state index contributed by atoms with van der Waals surface area (Å²) in [6, 6.07) is 0. The summed E-state index contributed by atoms with van der Waals surface area (Å²) in [5, 5.41) is -0.0469. The Morgan fingerprint density at radius 2 is 1.44 bits per heavy atom. The summed E-state index contributed by atoms with van der Waals surface area (Å²) in [6.45, 7) is 0. The van der Waals surface area contributed by atoms with Crippen LogP contribution in [0.1, 0.15) is 0 Å². The van der Waals surface area contributed by atoms with Crippen LogP contribution in [0, 0.1) is 5.33 Å². The molecule has 0 fully saturated rings. The normalized spacial score (nSPS) is 14.0. The van der Waals surface area contributed by atoms with Crippen molar-refractivity contribution in [3.8, 4) is 0 Å². The van der Waals surface area contributed by atoms with E-state index < -0.39 is 10.8 Å². The lowest BCUT2D eigenvalue weighted by Crippen LogP contribution is -2.33. The molecule has 1 radical (unpaired) electrons. The molecule has 6 heteroatoms. The predicted octanol–water partition coefficient (Wildman–Crippen LogP) is 3.17. The minimum Gasteiger partial charge on any atom is -0.197 e. The van der Waals surface area contributed by atoms with Gasteiger partial charge in [-0.15, -0.1) is 0 Å². The first kappa shape index (κ1) is 9.68. The van der Waals surface area contributed by atoms with Gasteiger partial charge in [-0.3, -0.25) is 0 Å². The number of hydrogen-bond donors (Lipinski definition) is 0. The molecule has 55 valence electrons. The Bertz CT molecular complexity index is 96.5. The van der Waals surface area contributed by atoms with E-state index in [1.807, 2.05) is 0 Å². The van der Waals surface area contributed by atoms with E-state index in [2.05, 4.69) is 15.9 Å². The molecule has 0 aliphatic rings. The van der Waals surface area contributed by atoms with E-state index in [0.29, 0.717) is 0 Å². The van der Waals surface area contributed by atoms with Crippen molar-refractivity contribution < 1.29 is 17.6 Å². The van der Waals surface area contributed by atoms with Crippen molar-refractivity contribution in [3.63, 3.8) is 0 Å². The van der Waals surface area contributed by atoms with Gasteiger partial charge >= 0.3 is 10.8 Å². The standard InChI is InChI=1S/C3HBr2F4/c4-1-2(6,7)3(5,8)9/h1H. The Hall–Kier alpha value is 0.680. The van der Waals surface area contributed by atoms with Gasteiger partial charge in [-0.1, -0.05) is 15.9 Å². The third-order valence-electron chi connectivity index (χ3n) is 0.515. The van der Waals surface area contributed by atoms with Crippen LogP contribution in [0.25, 0.3) is 0 Å². The van der Waals surface area contributed by atoms with E-state index in [4.69, 9.17) is 0 Å². The van der Waals surface area contributed by atoms with Gasteiger partial charge in [-0.2, -0.15) is 17.6 Å². The first-order valence-corrected chi connectivity index (χ1v) is 3.41. The highest BCUT2D eigenvalue weighted by molar-refractivity contribution is 9.11. The third kappa shape index (κ3) is 2.41. The first-order chi connectivity index (χ1) is 3.81. The van der Waals surface area contributed by atoms with E-state index in [1.165, 1.54) is 15.9 Å². The van der Waals surface area contributed by atoms with Gasteiger partial charge < -0.3 is 0 Å². The molecule has 9 heavy (non-hydrogen) atoms. The van der Waals surface area contributed by atoms with Gasteiger partial charge in [0.1, 0.15) is 5.33 Å². The summed E-state index contributed by atoms with van der Waals surface area (Å²) in [5.41, 5.74) is 0. The molecule has 0 aromatic heterocycles. The zero-order valence-corrected chi connectivity index (χ0v) is 7.02. The minimum atomic E-state index is -4.18. The fraction of sp³-hybridized carbons (Fsp3) is 0.667. The molecule has 0 spiro atoms. The number of halogens is 6. The maximum Gasteiger partial charge on any atom is 0.364 e. The second-order valence-electron chi connectivity index (χ2n) is 1.23. The quantitative estimate of drug-likeness (QED) is 0.535. The summed E-state index contributed by atoms with van der Waals surface area (Å²) in [5.74, 6) is -4.15. The largest absolute Gasteiger partial charge is 0.364 e. The van der Waals surface area contributed by atoms with E-state index in [0.717, 1.165) is 0 Å². The summed E-state index contributed by atoms with van der Waals surface area (Å²) in [4.78, 5) is -4.18. The van der Waals surface area contributed by atoms with E-state index in [1.54, 1.807) is 0 Å². The van der Waals surface area contributed by atoms with Crippen LogP contribution in [0.2, 0.25) is 0 Å². The van der Waals surface area contributed by atoms with Crippen molar-refractivity contribution in [1.82, 2.24) is 0 Å². The smallest absolute Gasteiger partial charge is 0.197 e. The van der Waals surface area contributed by atoms with Gasteiger partial charge in [0.05, 0.1) is 0 Å². The zero-order chi connectivity index (χ0) is 7.71.